The molecule has 0 amide bonds. The van der Waals surface area contributed by atoms with E-state index in [2.05, 4.69) is 4.75 Å². The minimum Gasteiger partial charge on any atom is -0.478 e. The number of benzene rings is 3. The van der Waals surface area contributed by atoms with Crippen molar-refractivity contribution >= 4 is 38.8 Å². The summed E-state index contributed by atoms with van der Waals surface area (Å²) in [6, 6.07) is 17.2. The Morgan fingerprint density at radius 1 is 1.09 bits per heavy atom. The molecule has 3 aromatic carbocycles. The van der Waals surface area contributed by atoms with Crippen LogP contribution in [0.2, 0.25) is 6.55 Å². The van der Waals surface area contributed by atoms with Crippen LogP contribution in [0.3, 0.4) is 0 Å². The maximum Gasteiger partial charge on any atom is 0.348 e. The molecule has 2 unspecified atom stereocenters. The SMILES string of the molecule is CCCOC(=O)[Si@H](C)NP(=O)(Oc1ccccc1)C(F)c1ccc2ccc(C(=O)O)cc2c1. The number of halogens is 1. The van der Waals surface area contributed by atoms with Crippen molar-refractivity contribution in [2.24, 2.45) is 0 Å². The van der Waals surface area contributed by atoms with E-state index in [-0.39, 0.29) is 23.5 Å². The summed E-state index contributed by atoms with van der Waals surface area (Å²) >= 11 is 0. The molecule has 0 heterocycles. The van der Waals surface area contributed by atoms with Crippen LogP contribution in [0.4, 0.5) is 9.18 Å². The molecule has 3 aromatic rings. The van der Waals surface area contributed by atoms with Crippen molar-refractivity contribution in [3.05, 3.63) is 77.9 Å². The average molecular weight is 490 g/mol. The van der Waals surface area contributed by atoms with Crippen molar-refractivity contribution in [2.45, 2.75) is 25.8 Å². The van der Waals surface area contributed by atoms with Crippen LogP contribution in [0.5, 0.6) is 5.75 Å². The second-order valence-electron chi connectivity index (χ2n) is 7.48. The standard InChI is InChI=1S/C23H25FNO6PSi/c1-3-13-30-23(28)33(2)25-32(29,31-20-7-5-4-6-8-20)21(24)17-11-9-16-10-12-18(22(26)27)15-19(16)14-17/h4-12,14-15,21,33H,3,13H2,1-2H3,(H,25,29)(H,26,27)/t21?,32?,33-/m0/s1. The molecule has 0 radical (unpaired) electrons. The van der Waals surface area contributed by atoms with Crippen molar-refractivity contribution in [2.75, 3.05) is 6.61 Å². The molecule has 3 atom stereocenters. The predicted molar refractivity (Wildman–Crippen MR) is 127 cm³/mol. The van der Waals surface area contributed by atoms with Gasteiger partial charge >= 0.3 is 13.5 Å². The van der Waals surface area contributed by atoms with E-state index in [1.54, 1.807) is 49.0 Å². The molecule has 0 spiro atoms. The van der Waals surface area contributed by atoms with Crippen LogP contribution in [0.1, 0.15) is 35.2 Å². The van der Waals surface area contributed by atoms with E-state index in [1.165, 1.54) is 24.3 Å². The number of fused-ring (bicyclic) bond motifs is 1. The lowest BCUT2D eigenvalue weighted by Gasteiger charge is -2.26. The predicted octanol–water partition coefficient (Wildman–Crippen LogP) is 5.85. The number of carboxylic acids is 1. The molecule has 33 heavy (non-hydrogen) atoms. The highest BCUT2D eigenvalue weighted by Gasteiger charge is 2.41. The number of nitrogens with one attached hydrogen (secondary N) is 1. The van der Waals surface area contributed by atoms with Gasteiger partial charge in [0.2, 0.25) is 14.9 Å². The third-order valence-corrected chi connectivity index (χ3v) is 10.1. The summed E-state index contributed by atoms with van der Waals surface area (Å²) in [4.78, 5) is 23.6. The first kappa shape index (κ1) is 24.6. The minimum absolute atomic E-state index is 0.0416. The van der Waals surface area contributed by atoms with E-state index in [1.807, 2.05) is 6.92 Å². The molecular formula is C23H25FNO6PSi. The van der Waals surface area contributed by atoms with Crippen molar-refractivity contribution < 1.29 is 32.9 Å². The zero-order valence-electron chi connectivity index (χ0n) is 18.2. The monoisotopic (exact) mass is 489 g/mol. The highest BCUT2D eigenvalue weighted by Crippen LogP contribution is 2.57. The third-order valence-electron chi connectivity index (χ3n) is 4.84. The molecule has 2 N–H and O–H groups in total. The molecule has 7 nitrogen and oxygen atoms in total. The van der Waals surface area contributed by atoms with Gasteiger partial charge in [-0.1, -0.05) is 43.3 Å². The molecule has 0 bridgehead atoms. The summed E-state index contributed by atoms with van der Waals surface area (Å²) in [5, 5.41) is 10.4. The van der Waals surface area contributed by atoms with Gasteiger partial charge in [-0.3, -0.25) is 9.36 Å². The van der Waals surface area contributed by atoms with Gasteiger partial charge in [0.15, 0.2) is 0 Å². The van der Waals surface area contributed by atoms with E-state index in [9.17, 15) is 19.3 Å². The van der Waals surface area contributed by atoms with E-state index in [0.717, 1.165) is 0 Å². The fourth-order valence-electron chi connectivity index (χ4n) is 3.17. The fourth-order valence-corrected chi connectivity index (χ4v) is 7.93. The van der Waals surface area contributed by atoms with Crippen molar-refractivity contribution in [3.63, 3.8) is 0 Å². The van der Waals surface area contributed by atoms with Gasteiger partial charge in [-0.05, 0) is 59.6 Å². The number of carbonyl (C=O) groups excluding carboxylic acids is 1. The van der Waals surface area contributed by atoms with Gasteiger partial charge in [0, 0.05) is 0 Å². The lowest BCUT2D eigenvalue weighted by molar-refractivity contribution is 0.0697. The normalized spacial score (nSPS) is 14.8. The first-order valence-electron chi connectivity index (χ1n) is 10.4. The molecule has 0 aliphatic carbocycles. The first-order valence-corrected chi connectivity index (χ1v) is 14.4. The van der Waals surface area contributed by atoms with E-state index < -0.39 is 34.0 Å². The Labute approximate surface area is 192 Å². The van der Waals surface area contributed by atoms with Crippen LogP contribution in [0.25, 0.3) is 10.8 Å². The van der Waals surface area contributed by atoms with Gasteiger partial charge in [0.25, 0.3) is 5.59 Å². The van der Waals surface area contributed by atoms with Crippen LogP contribution in [-0.4, -0.2) is 32.2 Å². The van der Waals surface area contributed by atoms with Gasteiger partial charge in [-0.2, -0.15) is 0 Å². The Morgan fingerprint density at radius 3 is 2.45 bits per heavy atom. The summed E-state index contributed by atoms with van der Waals surface area (Å²) in [7, 11) is -6.94. The number of rotatable bonds is 10. The topological polar surface area (TPSA) is 102 Å². The molecule has 0 aliphatic rings. The summed E-state index contributed by atoms with van der Waals surface area (Å²) < 4.78 is 43.1. The molecule has 0 fully saturated rings. The van der Waals surface area contributed by atoms with Crippen LogP contribution in [0, 0.1) is 0 Å². The number of ether oxygens (including phenoxy) is 1. The lowest BCUT2D eigenvalue weighted by atomic mass is 10.0. The summed E-state index contributed by atoms with van der Waals surface area (Å²) in [6.07, 6.45) is 0.631. The Balaban J connectivity index is 1.97. The number of hydrogen-bond acceptors (Lipinski definition) is 5. The van der Waals surface area contributed by atoms with Crippen molar-refractivity contribution in [1.82, 2.24) is 4.75 Å². The molecule has 0 aromatic heterocycles. The van der Waals surface area contributed by atoms with Crippen LogP contribution in [-0.2, 0) is 9.30 Å². The lowest BCUT2D eigenvalue weighted by Crippen LogP contribution is -2.39. The zero-order valence-corrected chi connectivity index (χ0v) is 20.3. The average Bonchev–Trinajstić information content (AvgIpc) is 2.81. The van der Waals surface area contributed by atoms with E-state index >= 15 is 4.39 Å². The first-order chi connectivity index (χ1) is 15.7. The Morgan fingerprint density at radius 2 is 1.79 bits per heavy atom. The Bertz CT molecular complexity index is 1190. The molecule has 0 saturated carbocycles. The molecule has 10 heteroatoms. The smallest absolute Gasteiger partial charge is 0.348 e. The Kier molecular flexibility index (Phi) is 8.02. The van der Waals surface area contributed by atoms with Gasteiger partial charge < -0.3 is 14.4 Å². The third kappa shape index (κ3) is 6.07. The number of carbonyl (C=O) groups is 2. The summed E-state index contributed by atoms with van der Waals surface area (Å²) in [5.74, 6) is -3.03. The Hall–Kier alpha value is -3.00. The largest absolute Gasteiger partial charge is 0.478 e. The molecule has 3 rings (SSSR count). The number of para-hydroxylation sites is 1. The number of carboxylic acid groups (broad SMARTS) is 1. The van der Waals surface area contributed by atoms with Crippen molar-refractivity contribution in [1.29, 1.82) is 0 Å². The summed E-state index contributed by atoms with van der Waals surface area (Å²) in [6.45, 7) is 3.63. The number of alkyl halides is 1. The second-order valence-corrected chi connectivity index (χ2v) is 12.3. The minimum atomic E-state index is -4.28. The van der Waals surface area contributed by atoms with Crippen LogP contribution < -0.4 is 9.28 Å². The maximum atomic E-state index is 15.8. The zero-order chi connectivity index (χ0) is 24.0. The van der Waals surface area contributed by atoms with Gasteiger partial charge in [-0.25, -0.2) is 13.9 Å². The number of aromatic carboxylic acids is 1. The second kappa shape index (κ2) is 10.7. The molecular weight excluding hydrogens is 464 g/mol. The molecule has 174 valence electrons. The molecule has 0 saturated heterocycles. The van der Waals surface area contributed by atoms with Crippen molar-refractivity contribution in [3.8, 4) is 5.75 Å². The van der Waals surface area contributed by atoms with Gasteiger partial charge in [-0.15, -0.1) is 0 Å². The highest BCUT2D eigenvalue weighted by atomic mass is 31.2. The fraction of sp³-hybridized carbons (Fsp3) is 0.217. The van der Waals surface area contributed by atoms with Gasteiger partial charge in [0.1, 0.15) is 5.75 Å². The van der Waals surface area contributed by atoms with Gasteiger partial charge in [0.05, 0.1) is 12.2 Å². The molecule has 0 aliphatic heterocycles. The summed E-state index contributed by atoms with van der Waals surface area (Å²) in [5.41, 5.74) is -0.443. The number of hydrogen-bond donors (Lipinski definition) is 2. The quantitative estimate of drug-likeness (QED) is 0.272. The maximum absolute atomic E-state index is 15.8. The van der Waals surface area contributed by atoms with Crippen LogP contribution >= 0.6 is 7.52 Å². The van der Waals surface area contributed by atoms with E-state index in [4.69, 9.17) is 9.26 Å². The highest BCUT2D eigenvalue weighted by molar-refractivity contribution is 7.59. The van der Waals surface area contributed by atoms with Crippen LogP contribution in [0.15, 0.2) is 66.7 Å². The van der Waals surface area contributed by atoms with E-state index in [0.29, 0.717) is 17.2 Å².